The predicted octanol–water partition coefficient (Wildman–Crippen LogP) is 2.03. The molecule has 6 nitrogen and oxygen atoms in total. The van der Waals surface area contributed by atoms with Gasteiger partial charge in [0.25, 0.3) is 0 Å². The standard InChI is InChI=1S/C14H24N4O2/c1-8-5-6-11(7-9(8)2)20-14-12(13(15)17-19)10(3)16-18(14)4/h8-9,11,19H,5-7H2,1-4H3,(H2,15,17). The zero-order valence-corrected chi connectivity index (χ0v) is 12.6. The molecule has 3 N–H and O–H groups in total. The lowest BCUT2D eigenvalue weighted by Gasteiger charge is -2.32. The molecule has 1 saturated carbocycles. The molecule has 0 aliphatic heterocycles. The van der Waals surface area contributed by atoms with E-state index in [2.05, 4.69) is 24.1 Å². The van der Waals surface area contributed by atoms with Crippen molar-refractivity contribution in [2.75, 3.05) is 0 Å². The van der Waals surface area contributed by atoms with Crippen LogP contribution < -0.4 is 10.5 Å². The number of aryl methyl sites for hydroxylation is 2. The molecule has 3 unspecified atom stereocenters. The second kappa shape index (κ2) is 5.73. The van der Waals surface area contributed by atoms with Crippen molar-refractivity contribution >= 4 is 5.84 Å². The molecule has 1 aliphatic carbocycles. The molecule has 112 valence electrons. The van der Waals surface area contributed by atoms with Crippen molar-refractivity contribution in [3.8, 4) is 5.88 Å². The molecule has 0 amide bonds. The third-order valence-corrected chi connectivity index (χ3v) is 4.36. The van der Waals surface area contributed by atoms with E-state index in [1.54, 1.807) is 4.68 Å². The zero-order valence-electron chi connectivity index (χ0n) is 12.6. The van der Waals surface area contributed by atoms with E-state index >= 15 is 0 Å². The Kier molecular flexibility index (Phi) is 4.20. The fraction of sp³-hybridized carbons (Fsp3) is 0.714. The van der Waals surface area contributed by atoms with Gasteiger partial charge in [0.1, 0.15) is 11.7 Å². The molecule has 1 heterocycles. The average Bonchev–Trinajstić information content (AvgIpc) is 2.68. The minimum absolute atomic E-state index is 0.0443. The molecular weight excluding hydrogens is 256 g/mol. The van der Waals surface area contributed by atoms with Gasteiger partial charge in [-0.25, -0.2) is 4.68 Å². The third-order valence-electron chi connectivity index (χ3n) is 4.36. The molecule has 6 heteroatoms. The van der Waals surface area contributed by atoms with Gasteiger partial charge in [0, 0.05) is 7.05 Å². The summed E-state index contributed by atoms with van der Waals surface area (Å²) >= 11 is 0. The highest BCUT2D eigenvalue weighted by Crippen LogP contribution is 2.33. The van der Waals surface area contributed by atoms with Crippen LogP contribution in [0.5, 0.6) is 5.88 Å². The smallest absolute Gasteiger partial charge is 0.223 e. The molecule has 1 aromatic rings. The number of hydrogen-bond acceptors (Lipinski definition) is 4. The van der Waals surface area contributed by atoms with Gasteiger partial charge in [0.05, 0.1) is 5.69 Å². The molecular formula is C14H24N4O2. The van der Waals surface area contributed by atoms with Crippen molar-refractivity contribution in [1.29, 1.82) is 0 Å². The molecule has 0 saturated heterocycles. The number of hydrogen-bond donors (Lipinski definition) is 2. The van der Waals surface area contributed by atoms with Crippen LogP contribution in [0.25, 0.3) is 0 Å². The topological polar surface area (TPSA) is 85.7 Å². The van der Waals surface area contributed by atoms with Crippen LogP contribution >= 0.6 is 0 Å². The Morgan fingerprint density at radius 1 is 1.40 bits per heavy atom. The Morgan fingerprint density at radius 2 is 2.10 bits per heavy atom. The van der Waals surface area contributed by atoms with E-state index in [0.717, 1.165) is 18.8 Å². The zero-order chi connectivity index (χ0) is 14.9. The number of nitrogens with two attached hydrogens (primary N) is 1. The Hall–Kier alpha value is -1.72. The van der Waals surface area contributed by atoms with Gasteiger partial charge >= 0.3 is 0 Å². The van der Waals surface area contributed by atoms with Crippen LogP contribution in [0.4, 0.5) is 0 Å². The first-order valence-corrected chi connectivity index (χ1v) is 7.12. The normalized spacial score (nSPS) is 27.6. The molecule has 0 bridgehead atoms. The number of amidine groups is 1. The van der Waals surface area contributed by atoms with Gasteiger partial charge in [0.2, 0.25) is 5.88 Å². The first kappa shape index (κ1) is 14.7. The molecule has 20 heavy (non-hydrogen) atoms. The van der Waals surface area contributed by atoms with Crippen molar-refractivity contribution in [3.05, 3.63) is 11.3 Å². The third kappa shape index (κ3) is 2.73. The summed E-state index contributed by atoms with van der Waals surface area (Å²) in [5.74, 6) is 2.02. The van der Waals surface area contributed by atoms with Crippen molar-refractivity contribution in [2.45, 2.75) is 46.1 Å². The van der Waals surface area contributed by atoms with Gasteiger partial charge in [-0.1, -0.05) is 19.0 Å². The Balaban J connectivity index is 2.21. The van der Waals surface area contributed by atoms with Crippen LogP contribution in [0.3, 0.4) is 0 Å². The van der Waals surface area contributed by atoms with E-state index < -0.39 is 0 Å². The molecule has 0 spiro atoms. The number of ether oxygens (including phenoxy) is 1. The van der Waals surface area contributed by atoms with Gasteiger partial charge in [-0.05, 0) is 38.0 Å². The summed E-state index contributed by atoms with van der Waals surface area (Å²) in [4.78, 5) is 0. The maximum Gasteiger partial charge on any atom is 0.223 e. The summed E-state index contributed by atoms with van der Waals surface area (Å²) in [6.07, 6.45) is 3.40. The minimum atomic E-state index is 0.0443. The average molecular weight is 280 g/mol. The lowest BCUT2D eigenvalue weighted by Crippen LogP contribution is -2.30. The Morgan fingerprint density at radius 3 is 2.70 bits per heavy atom. The quantitative estimate of drug-likeness (QED) is 0.384. The minimum Gasteiger partial charge on any atom is -0.474 e. The first-order valence-electron chi connectivity index (χ1n) is 7.12. The summed E-state index contributed by atoms with van der Waals surface area (Å²) in [5.41, 5.74) is 7.02. The van der Waals surface area contributed by atoms with Crippen LogP contribution in [0.15, 0.2) is 5.16 Å². The van der Waals surface area contributed by atoms with Gasteiger partial charge in [-0.15, -0.1) is 0 Å². The van der Waals surface area contributed by atoms with Crippen molar-refractivity contribution in [2.24, 2.45) is 29.8 Å². The Labute approximate surface area is 119 Å². The molecule has 0 aromatic carbocycles. The Bertz CT molecular complexity index is 510. The lowest BCUT2D eigenvalue weighted by molar-refractivity contribution is 0.0922. The van der Waals surface area contributed by atoms with Crippen molar-refractivity contribution in [1.82, 2.24) is 9.78 Å². The molecule has 1 aliphatic rings. The summed E-state index contributed by atoms with van der Waals surface area (Å²) in [7, 11) is 1.81. The highest BCUT2D eigenvalue weighted by Gasteiger charge is 2.28. The van der Waals surface area contributed by atoms with Gasteiger partial charge in [0.15, 0.2) is 5.84 Å². The molecule has 0 radical (unpaired) electrons. The molecule has 1 aromatic heterocycles. The van der Waals surface area contributed by atoms with Crippen LogP contribution in [-0.4, -0.2) is 26.9 Å². The number of rotatable bonds is 3. The summed E-state index contributed by atoms with van der Waals surface area (Å²) in [5, 5.41) is 16.3. The largest absolute Gasteiger partial charge is 0.474 e. The van der Waals surface area contributed by atoms with E-state index in [9.17, 15) is 0 Å². The van der Waals surface area contributed by atoms with E-state index in [1.807, 2.05) is 14.0 Å². The van der Waals surface area contributed by atoms with Crippen LogP contribution in [0.1, 0.15) is 44.4 Å². The van der Waals surface area contributed by atoms with Crippen molar-refractivity contribution in [3.63, 3.8) is 0 Å². The summed E-state index contributed by atoms with van der Waals surface area (Å²) < 4.78 is 7.77. The maximum atomic E-state index is 8.90. The number of aromatic nitrogens is 2. The molecule has 2 rings (SSSR count). The summed E-state index contributed by atoms with van der Waals surface area (Å²) in [6.45, 7) is 6.38. The fourth-order valence-corrected chi connectivity index (χ4v) is 2.88. The van der Waals surface area contributed by atoms with E-state index in [1.165, 1.54) is 6.42 Å². The van der Waals surface area contributed by atoms with Crippen LogP contribution in [0.2, 0.25) is 0 Å². The van der Waals surface area contributed by atoms with Crippen LogP contribution in [-0.2, 0) is 7.05 Å². The second-order valence-corrected chi connectivity index (χ2v) is 5.88. The van der Waals surface area contributed by atoms with Crippen LogP contribution in [0, 0.1) is 18.8 Å². The maximum absolute atomic E-state index is 8.90. The fourth-order valence-electron chi connectivity index (χ4n) is 2.88. The van der Waals surface area contributed by atoms with Crippen molar-refractivity contribution < 1.29 is 9.94 Å². The predicted molar refractivity (Wildman–Crippen MR) is 77.1 cm³/mol. The summed E-state index contributed by atoms with van der Waals surface area (Å²) in [6, 6.07) is 0. The number of nitrogens with zero attached hydrogens (tertiary/aromatic N) is 3. The monoisotopic (exact) mass is 280 g/mol. The SMILES string of the molecule is Cc1nn(C)c(OC2CCC(C)C(C)C2)c1C(N)=NO. The van der Waals surface area contributed by atoms with E-state index in [4.69, 9.17) is 15.7 Å². The van der Waals surface area contributed by atoms with Gasteiger partial charge < -0.3 is 15.7 Å². The first-order chi connectivity index (χ1) is 9.43. The highest BCUT2D eigenvalue weighted by molar-refractivity contribution is 6.00. The van der Waals surface area contributed by atoms with E-state index in [0.29, 0.717) is 23.1 Å². The lowest BCUT2D eigenvalue weighted by atomic mass is 9.80. The highest BCUT2D eigenvalue weighted by atomic mass is 16.5. The van der Waals surface area contributed by atoms with Gasteiger partial charge in [-0.2, -0.15) is 5.10 Å². The van der Waals surface area contributed by atoms with Gasteiger partial charge in [-0.3, -0.25) is 0 Å². The molecule has 1 fully saturated rings. The second-order valence-electron chi connectivity index (χ2n) is 5.88. The number of oxime groups is 1. The van der Waals surface area contributed by atoms with E-state index in [-0.39, 0.29) is 11.9 Å². The molecule has 3 atom stereocenters.